The monoisotopic (exact) mass is 556 g/mol. The van der Waals surface area contributed by atoms with Crippen LogP contribution in [-0.4, -0.2) is 19.8 Å². The Morgan fingerprint density at radius 3 is 1.88 bits per heavy atom. The van der Waals surface area contributed by atoms with Crippen LogP contribution in [0.15, 0.2) is 61.2 Å². The predicted molar refractivity (Wildman–Crippen MR) is 149 cm³/mol. The van der Waals surface area contributed by atoms with Crippen molar-refractivity contribution in [2.45, 2.75) is 58.2 Å². The number of ether oxygens (including phenoxy) is 3. The molecule has 4 rings (SSSR count). The highest BCUT2D eigenvalue weighted by Crippen LogP contribution is 2.35. The second kappa shape index (κ2) is 14.5. The third kappa shape index (κ3) is 7.12. The quantitative estimate of drug-likeness (QED) is 0.119. The average Bonchev–Trinajstić information content (AvgIpc) is 2.98. The van der Waals surface area contributed by atoms with Crippen molar-refractivity contribution in [1.29, 1.82) is 0 Å². The molecule has 0 bridgehead atoms. The van der Waals surface area contributed by atoms with Gasteiger partial charge in [-0.1, -0.05) is 87.9 Å². The minimum atomic E-state index is -1.05. The van der Waals surface area contributed by atoms with Crippen LogP contribution >= 0.6 is 0 Å². The highest BCUT2D eigenvalue weighted by Gasteiger charge is 2.27. The molecule has 214 valence electrons. The van der Waals surface area contributed by atoms with Crippen LogP contribution in [0.1, 0.15) is 63.7 Å². The first-order chi connectivity index (χ1) is 19.4. The van der Waals surface area contributed by atoms with Crippen molar-refractivity contribution in [3.05, 3.63) is 90.0 Å². The molecule has 0 saturated carbocycles. The van der Waals surface area contributed by atoms with E-state index in [0.717, 1.165) is 19.3 Å². The smallest absolute Gasteiger partial charge is 0.201 e. The van der Waals surface area contributed by atoms with Crippen LogP contribution in [0.25, 0.3) is 22.3 Å². The summed E-state index contributed by atoms with van der Waals surface area (Å²) in [5.74, 6) is -4.27. The van der Waals surface area contributed by atoms with E-state index in [1.807, 2.05) is 0 Å². The Balaban J connectivity index is 1.40. The van der Waals surface area contributed by atoms with Gasteiger partial charge >= 0.3 is 0 Å². The highest BCUT2D eigenvalue weighted by atomic mass is 19.2. The van der Waals surface area contributed by atoms with E-state index in [1.165, 1.54) is 62.1 Å². The summed E-state index contributed by atoms with van der Waals surface area (Å²) in [6.45, 7) is 6.80. The van der Waals surface area contributed by atoms with Gasteiger partial charge in [0.05, 0.1) is 19.8 Å². The molecule has 0 atom stereocenters. The minimum Gasteiger partial charge on any atom is -0.490 e. The topological polar surface area (TPSA) is 27.7 Å². The second-order valence-electron chi connectivity index (χ2n) is 10.1. The van der Waals surface area contributed by atoms with Crippen molar-refractivity contribution in [2.24, 2.45) is 5.92 Å². The van der Waals surface area contributed by atoms with Gasteiger partial charge in [0.25, 0.3) is 0 Å². The molecular weight excluding hydrogens is 520 g/mol. The summed E-state index contributed by atoms with van der Waals surface area (Å²) >= 11 is 0. The SMILES string of the molecule is C=CC1COC(c2ccc(-c3ccc(-c4ccc(OCCCCCCCCC)c(F)c4F)cc3)c(F)c2F)OC1. The molecule has 1 aliphatic heterocycles. The molecule has 1 aliphatic rings. The van der Waals surface area contributed by atoms with E-state index in [1.54, 1.807) is 18.2 Å². The number of rotatable bonds is 13. The first-order valence-electron chi connectivity index (χ1n) is 14.0. The molecule has 1 saturated heterocycles. The third-order valence-corrected chi connectivity index (χ3v) is 7.18. The van der Waals surface area contributed by atoms with Gasteiger partial charge in [0, 0.05) is 22.6 Å². The van der Waals surface area contributed by atoms with Crippen molar-refractivity contribution >= 4 is 0 Å². The highest BCUT2D eigenvalue weighted by molar-refractivity contribution is 5.71. The Bertz CT molecular complexity index is 1270. The Morgan fingerprint density at radius 1 is 0.725 bits per heavy atom. The zero-order valence-corrected chi connectivity index (χ0v) is 22.9. The number of halogens is 4. The van der Waals surface area contributed by atoms with Gasteiger partial charge in [0.2, 0.25) is 5.82 Å². The molecule has 3 nitrogen and oxygen atoms in total. The summed E-state index contributed by atoms with van der Waals surface area (Å²) < 4.78 is 76.1. The van der Waals surface area contributed by atoms with E-state index < -0.39 is 29.6 Å². The lowest BCUT2D eigenvalue weighted by molar-refractivity contribution is -0.198. The number of unbranched alkanes of at least 4 members (excludes halogenated alkanes) is 6. The lowest BCUT2D eigenvalue weighted by atomic mass is 9.98. The van der Waals surface area contributed by atoms with Crippen LogP contribution in [0.4, 0.5) is 17.6 Å². The van der Waals surface area contributed by atoms with Crippen LogP contribution in [-0.2, 0) is 9.47 Å². The van der Waals surface area contributed by atoms with Gasteiger partial charge in [0.15, 0.2) is 29.5 Å². The van der Waals surface area contributed by atoms with Gasteiger partial charge in [0.1, 0.15) is 0 Å². The molecular formula is C33H36F4O3. The molecule has 1 fully saturated rings. The van der Waals surface area contributed by atoms with E-state index in [2.05, 4.69) is 13.5 Å². The van der Waals surface area contributed by atoms with Crippen molar-refractivity contribution in [3.63, 3.8) is 0 Å². The Labute approximate surface area is 233 Å². The lowest BCUT2D eigenvalue weighted by Gasteiger charge is -2.28. The van der Waals surface area contributed by atoms with Gasteiger partial charge in [-0.2, -0.15) is 4.39 Å². The fourth-order valence-corrected chi connectivity index (χ4v) is 4.74. The number of benzene rings is 3. The second-order valence-corrected chi connectivity index (χ2v) is 10.1. The van der Waals surface area contributed by atoms with E-state index >= 15 is 4.39 Å². The third-order valence-electron chi connectivity index (χ3n) is 7.18. The molecule has 0 aliphatic carbocycles. The van der Waals surface area contributed by atoms with E-state index in [9.17, 15) is 13.2 Å². The van der Waals surface area contributed by atoms with Crippen LogP contribution in [0.5, 0.6) is 5.75 Å². The molecule has 0 spiro atoms. The molecule has 0 amide bonds. The Hall–Kier alpha value is -3.16. The summed E-state index contributed by atoms with van der Waals surface area (Å²) in [6, 6.07) is 11.9. The van der Waals surface area contributed by atoms with E-state index in [-0.39, 0.29) is 28.4 Å². The molecule has 0 radical (unpaired) electrons. The van der Waals surface area contributed by atoms with Gasteiger partial charge in [-0.15, -0.1) is 6.58 Å². The fourth-order valence-electron chi connectivity index (χ4n) is 4.74. The Kier molecular flexibility index (Phi) is 10.8. The first kappa shape index (κ1) is 29.8. The average molecular weight is 557 g/mol. The number of hydrogen-bond acceptors (Lipinski definition) is 3. The maximum Gasteiger partial charge on any atom is 0.201 e. The summed E-state index contributed by atoms with van der Waals surface area (Å²) in [5, 5.41) is 0. The zero-order valence-electron chi connectivity index (χ0n) is 22.9. The Morgan fingerprint density at radius 2 is 1.27 bits per heavy atom. The maximum absolute atomic E-state index is 15.0. The van der Waals surface area contributed by atoms with Crippen molar-refractivity contribution in [1.82, 2.24) is 0 Å². The largest absolute Gasteiger partial charge is 0.490 e. The normalized spacial score (nSPS) is 17.1. The van der Waals surface area contributed by atoms with Crippen molar-refractivity contribution in [3.8, 4) is 28.0 Å². The standard InChI is InChI=1S/C33H36F4O3/c1-3-5-6-7-8-9-10-19-38-28-18-17-26(30(35)32(28)37)24-13-11-23(12-14-24)25-15-16-27(31(36)29(25)34)33-39-20-22(4-2)21-40-33/h4,11-18,22,33H,2-3,5-10,19-21H2,1H3. The van der Waals surface area contributed by atoms with Gasteiger partial charge in [-0.05, 0) is 29.7 Å². The summed E-state index contributed by atoms with van der Waals surface area (Å²) in [7, 11) is 0. The lowest BCUT2D eigenvalue weighted by Crippen LogP contribution is -2.26. The summed E-state index contributed by atoms with van der Waals surface area (Å²) in [6.07, 6.45) is 8.41. The van der Waals surface area contributed by atoms with Crippen LogP contribution in [0.2, 0.25) is 0 Å². The van der Waals surface area contributed by atoms with Gasteiger partial charge in [-0.3, -0.25) is 0 Å². The zero-order chi connectivity index (χ0) is 28.5. The minimum absolute atomic E-state index is 0.00103. The molecule has 1 heterocycles. The van der Waals surface area contributed by atoms with Crippen LogP contribution in [0.3, 0.4) is 0 Å². The fraction of sp³-hybridized carbons (Fsp3) is 0.394. The van der Waals surface area contributed by atoms with Crippen molar-refractivity contribution < 1.29 is 31.8 Å². The first-order valence-corrected chi connectivity index (χ1v) is 14.0. The molecule has 3 aromatic rings. The molecule has 0 N–H and O–H groups in total. The van der Waals surface area contributed by atoms with Crippen LogP contribution in [0, 0.1) is 29.2 Å². The summed E-state index contributed by atoms with van der Waals surface area (Å²) in [5.41, 5.74) is 0.857. The van der Waals surface area contributed by atoms with E-state index in [4.69, 9.17) is 14.2 Å². The molecule has 0 aromatic heterocycles. The van der Waals surface area contributed by atoms with Gasteiger partial charge in [-0.25, -0.2) is 13.2 Å². The number of hydrogen-bond donors (Lipinski definition) is 0. The maximum atomic E-state index is 15.0. The molecule has 40 heavy (non-hydrogen) atoms. The van der Waals surface area contributed by atoms with Gasteiger partial charge < -0.3 is 14.2 Å². The summed E-state index contributed by atoms with van der Waals surface area (Å²) in [4.78, 5) is 0. The van der Waals surface area contributed by atoms with Crippen LogP contribution < -0.4 is 4.74 Å². The van der Waals surface area contributed by atoms with Crippen molar-refractivity contribution in [2.75, 3.05) is 19.8 Å². The van der Waals surface area contributed by atoms with E-state index in [0.29, 0.717) is 30.9 Å². The molecule has 7 heteroatoms. The molecule has 3 aromatic carbocycles. The molecule has 0 unspecified atom stereocenters. The predicted octanol–water partition coefficient (Wildman–Crippen LogP) is 9.55.